The fourth-order valence-electron chi connectivity index (χ4n) is 3.00. The number of carbonyl (C=O) groups is 1. The molecule has 1 aliphatic carbocycles. The highest BCUT2D eigenvalue weighted by Crippen LogP contribution is 2.30. The zero-order chi connectivity index (χ0) is 14.4. The predicted molar refractivity (Wildman–Crippen MR) is 80.8 cm³/mol. The van der Waals surface area contributed by atoms with E-state index in [2.05, 4.69) is 5.32 Å². The maximum atomic E-state index is 11.8. The Morgan fingerprint density at radius 2 is 1.90 bits per heavy atom. The minimum absolute atomic E-state index is 0.275. The molecule has 4 heteroatoms. The van der Waals surface area contributed by atoms with Gasteiger partial charge in [-0.25, -0.2) is 0 Å². The molecule has 1 atom stereocenters. The van der Waals surface area contributed by atoms with E-state index in [0.29, 0.717) is 5.92 Å². The Morgan fingerprint density at radius 3 is 2.50 bits per heavy atom. The van der Waals surface area contributed by atoms with Crippen LogP contribution in [-0.2, 0) is 4.79 Å². The summed E-state index contributed by atoms with van der Waals surface area (Å²) < 4.78 is 5.32. The van der Waals surface area contributed by atoms with Gasteiger partial charge in [-0.2, -0.15) is 0 Å². The molecule has 1 saturated carbocycles. The van der Waals surface area contributed by atoms with Gasteiger partial charge in [0, 0.05) is 0 Å². The molecule has 2 rings (SSSR count). The Hall–Kier alpha value is -1.71. The fraction of sp³-hybridized carbons (Fsp3) is 0.562. The van der Waals surface area contributed by atoms with Crippen LogP contribution in [0.25, 0.3) is 0 Å². The molecule has 1 aromatic rings. The zero-order valence-corrected chi connectivity index (χ0v) is 12.1. The van der Waals surface area contributed by atoms with Crippen LogP contribution >= 0.6 is 0 Å². The predicted octanol–water partition coefficient (Wildman–Crippen LogP) is 2.93. The molecule has 0 saturated heterocycles. The normalized spacial score (nSPS) is 18.1. The van der Waals surface area contributed by atoms with E-state index < -0.39 is 0 Å². The summed E-state index contributed by atoms with van der Waals surface area (Å²) in [6.07, 6.45) is 7.02. The highest BCUT2D eigenvalue weighted by Gasteiger charge is 2.27. The number of anilines is 1. The molecule has 110 valence electrons. The second-order valence-corrected chi connectivity index (χ2v) is 5.48. The van der Waals surface area contributed by atoms with Gasteiger partial charge in [-0.1, -0.05) is 37.8 Å². The maximum absolute atomic E-state index is 11.8. The smallest absolute Gasteiger partial charge is 0.240 e. The second-order valence-electron chi connectivity index (χ2n) is 5.48. The lowest BCUT2D eigenvalue weighted by Gasteiger charge is -2.26. The number of nitrogens with one attached hydrogen (secondary N) is 1. The molecule has 4 nitrogen and oxygen atoms in total. The van der Waals surface area contributed by atoms with E-state index >= 15 is 0 Å². The minimum atomic E-state index is -0.315. The molecule has 3 N–H and O–H groups in total. The number of para-hydroxylation sites is 2. The summed E-state index contributed by atoms with van der Waals surface area (Å²) in [5.41, 5.74) is 6.45. The molecule has 0 bridgehead atoms. The van der Waals surface area contributed by atoms with Gasteiger partial charge in [0.1, 0.15) is 11.8 Å². The standard InChI is InChI=1S/C16H24N2O2/c1-20-14-11-7-6-10-13(14)18-15(16(17)19)12-8-4-2-3-5-9-12/h6-7,10-12,15,18H,2-5,8-9H2,1H3,(H2,17,19). The van der Waals surface area contributed by atoms with Gasteiger partial charge >= 0.3 is 0 Å². The third kappa shape index (κ3) is 3.65. The number of carbonyl (C=O) groups excluding carboxylic acids is 1. The van der Waals surface area contributed by atoms with Crippen LogP contribution in [0.4, 0.5) is 5.69 Å². The summed E-state index contributed by atoms with van der Waals surface area (Å²) in [5, 5.41) is 3.30. The average Bonchev–Trinajstić information content (AvgIpc) is 2.73. The van der Waals surface area contributed by atoms with E-state index in [1.165, 1.54) is 25.7 Å². The Kier molecular flexibility index (Phi) is 5.27. The monoisotopic (exact) mass is 276 g/mol. The molecule has 1 amide bonds. The van der Waals surface area contributed by atoms with Crippen molar-refractivity contribution in [3.05, 3.63) is 24.3 Å². The van der Waals surface area contributed by atoms with E-state index in [1.807, 2.05) is 24.3 Å². The molecule has 0 spiro atoms. The first kappa shape index (κ1) is 14.7. The van der Waals surface area contributed by atoms with Crippen LogP contribution in [0, 0.1) is 5.92 Å². The summed E-state index contributed by atoms with van der Waals surface area (Å²) in [5.74, 6) is 0.787. The number of nitrogens with two attached hydrogens (primary N) is 1. The molecule has 20 heavy (non-hydrogen) atoms. The van der Waals surface area contributed by atoms with E-state index in [4.69, 9.17) is 10.5 Å². The van der Waals surface area contributed by atoms with Crippen LogP contribution in [-0.4, -0.2) is 19.1 Å². The van der Waals surface area contributed by atoms with Crippen molar-refractivity contribution >= 4 is 11.6 Å². The van der Waals surface area contributed by atoms with Gasteiger partial charge < -0.3 is 15.8 Å². The quantitative estimate of drug-likeness (QED) is 0.813. The number of ether oxygens (including phenoxy) is 1. The number of primary amides is 1. The van der Waals surface area contributed by atoms with Crippen molar-refractivity contribution in [1.82, 2.24) is 0 Å². The molecule has 0 aromatic heterocycles. The summed E-state index contributed by atoms with van der Waals surface area (Å²) in [6.45, 7) is 0. The third-order valence-corrected chi connectivity index (χ3v) is 4.10. The van der Waals surface area contributed by atoms with Crippen molar-refractivity contribution in [2.45, 2.75) is 44.6 Å². The molecule has 0 radical (unpaired) electrons. The molecule has 1 aliphatic rings. The van der Waals surface area contributed by atoms with Crippen LogP contribution in [0.2, 0.25) is 0 Å². The van der Waals surface area contributed by atoms with Gasteiger partial charge in [0.05, 0.1) is 12.8 Å². The summed E-state index contributed by atoms with van der Waals surface area (Å²) in [4.78, 5) is 11.8. The third-order valence-electron chi connectivity index (χ3n) is 4.10. The van der Waals surface area contributed by atoms with Gasteiger partial charge in [0.25, 0.3) is 0 Å². The number of hydrogen-bond donors (Lipinski definition) is 2. The number of benzene rings is 1. The number of methoxy groups -OCH3 is 1. The highest BCUT2D eigenvalue weighted by atomic mass is 16.5. The van der Waals surface area contributed by atoms with E-state index in [9.17, 15) is 4.79 Å². The van der Waals surface area contributed by atoms with Crippen molar-refractivity contribution in [3.8, 4) is 5.75 Å². The van der Waals surface area contributed by atoms with Gasteiger partial charge in [-0.3, -0.25) is 4.79 Å². The Labute approximate surface area is 120 Å². The zero-order valence-electron chi connectivity index (χ0n) is 12.1. The maximum Gasteiger partial charge on any atom is 0.240 e. The molecule has 1 unspecified atom stereocenters. The topological polar surface area (TPSA) is 64.3 Å². The number of amides is 1. The lowest BCUT2D eigenvalue weighted by molar-refractivity contribution is -0.119. The van der Waals surface area contributed by atoms with Crippen molar-refractivity contribution in [2.24, 2.45) is 11.7 Å². The number of hydrogen-bond acceptors (Lipinski definition) is 3. The van der Waals surface area contributed by atoms with Crippen molar-refractivity contribution < 1.29 is 9.53 Å². The second kappa shape index (κ2) is 7.17. The van der Waals surface area contributed by atoms with Gasteiger partial charge in [0.15, 0.2) is 0 Å². The summed E-state index contributed by atoms with van der Waals surface area (Å²) in [6, 6.07) is 7.33. The lowest BCUT2D eigenvalue weighted by Crippen LogP contribution is -2.41. The summed E-state index contributed by atoms with van der Waals surface area (Å²) >= 11 is 0. The Morgan fingerprint density at radius 1 is 1.25 bits per heavy atom. The first-order chi connectivity index (χ1) is 9.72. The molecule has 0 heterocycles. The fourth-order valence-corrected chi connectivity index (χ4v) is 3.00. The first-order valence-electron chi connectivity index (χ1n) is 7.41. The van der Waals surface area contributed by atoms with E-state index in [-0.39, 0.29) is 11.9 Å². The van der Waals surface area contributed by atoms with Crippen LogP contribution < -0.4 is 15.8 Å². The Balaban J connectivity index is 2.14. The van der Waals surface area contributed by atoms with Gasteiger partial charge in [-0.05, 0) is 30.9 Å². The van der Waals surface area contributed by atoms with Crippen molar-refractivity contribution in [2.75, 3.05) is 12.4 Å². The first-order valence-corrected chi connectivity index (χ1v) is 7.41. The summed E-state index contributed by atoms with van der Waals surface area (Å²) in [7, 11) is 1.63. The molecular weight excluding hydrogens is 252 g/mol. The van der Waals surface area contributed by atoms with Gasteiger partial charge in [0.2, 0.25) is 5.91 Å². The molecule has 1 aromatic carbocycles. The van der Waals surface area contributed by atoms with Crippen LogP contribution in [0.3, 0.4) is 0 Å². The van der Waals surface area contributed by atoms with Crippen molar-refractivity contribution in [3.63, 3.8) is 0 Å². The number of rotatable bonds is 5. The largest absolute Gasteiger partial charge is 0.495 e. The molecule has 1 fully saturated rings. The highest BCUT2D eigenvalue weighted by molar-refractivity contribution is 5.84. The van der Waals surface area contributed by atoms with Gasteiger partial charge in [-0.15, -0.1) is 0 Å². The molecule has 0 aliphatic heterocycles. The SMILES string of the molecule is COc1ccccc1NC(C(N)=O)C1CCCCCC1. The van der Waals surface area contributed by atoms with Crippen LogP contribution in [0.1, 0.15) is 38.5 Å². The molecular formula is C16H24N2O2. The van der Waals surface area contributed by atoms with Crippen LogP contribution in [0.15, 0.2) is 24.3 Å². The van der Waals surface area contributed by atoms with Crippen molar-refractivity contribution in [1.29, 1.82) is 0 Å². The van der Waals surface area contributed by atoms with E-state index in [1.54, 1.807) is 7.11 Å². The minimum Gasteiger partial charge on any atom is -0.495 e. The van der Waals surface area contributed by atoms with Crippen LogP contribution in [0.5, 0.6) is 5.75 Å². The Bertz CT molecular complexity index is 440. The average molecular weight is 276 g/mol. The van der Waals surface area contributed by atoms with E-state index in [0.717, 1.165) is 24.3 Å². The lowest BCUT2D eigenvalue weighted by atomic mass is 9.91.